The second-order valence-electron chi connectivity index (χ2n) is 5.44. The van der Waals surface area contributed by atoms with E-state index < -0.39 is 0 Å². The van der Waals surface area contributed by atoms with Gasteiger partial charge in [0, 0.05) is 11.2 Å². The standard InChI is InChI=1S/C14H20N6O/c1-4-14(2,3)17-13(21)9-15-11-5-7-12(8-6-11)20-10-16-18-19-20/h5-8,10,15H,4,9H2,1-3H3,(H,17,21). The smallest absolute Gasteiger partial charge is 0.239 e. The molecule has 0 saturated heterocycles. The van der Waals surface area contributed by atoms with E-state index in [1.54, 1.807) is 4.68 Å². The molecular weight excluding hydrogens is 268 g/mol. The lowest BCUT2D eigenvalue weighted by Crippen LogP contribution is -2.45. The molecule has 7 nitrogen and oxygen atoms in total. The number of hydrogen-bond donors (Lipinski definition) is 2. The first-order valence-electron chi connectivity index (χ1n) is 6.88. The van der Waals surface area contributed by atoms with E-state index in [-0.39, 0.29) is 18.0 Å². The molecule has 1 amide bonds. The molecule has 1 aromatic carbocycles. The van der Waals surface area contributed by atoms with Gasteiger partial charge in [-0.25, -0.2) is 4.68 Å². The maximum absolute atomic E-state index is 11.8. The highest BCUT2D eigenvalue weighted by Crippen LogP contribution is 2.12. The SMILES string of the molecule is CCC(C)(C)NC(=O)CNc1ccc(-n2cnnn2)cc1. The largest absolute Gasteiger partial charge is 0.376 e. The Labute approximate surface area is 123 Å². The summed E-state index contributed by atoms with van der Waals surface area (Å²) < 4.78 is 1.57. The summed E-state index contributed by atoms with van der Waals surface area (Å²) in [5, 5.41) is 17.1. The highest BCUT2D eigenvalue weighted by atomic mass is 16.2. The topological polar surface area (TPSA) is 84.7 Å². The van der Waals surface area contributed by atoms with Crippen LogP contribution in [0.2, 0.25) is 0 Å². The van der Waals surface area contributed by atoms with Gasteiger partial charge in [0.2, 0.25) is 5.91 Å². The Morgan fingerprint density at radius 1 is 1.29 bits per heavy atom. The van der Waals surface area contributed by atoms with Crippen molar-refractivity contribution in [1.82, 2.24) is 25.5 Å². The van der Waals surface area contributed by atoms with Crippen molar-refractivity contribution >= 4 is 11.6 Å². The Bertz CT molecular complexity index is 576. The van der Waals surface area contributed by atoms with Crippen LogP contribution >= 0.6 is 0 Å². The van der Waals surface area contributed by atoms with Gasteiger partial charge in [-0.1, -0.05) is 6.92 Å². The van der Waals surface area contributed by atoms with Crippen LogP contribution in [-0.2, 0) is 4.79 Å². The molecule has 2 N–H and O–H groups in total. The van der Waals surface area contributed by atoms with E-state index in [1.165, 1.54) is 6.33 Å². The Balaban J connectivity index is 1.88. The van der Waals surface area contributed by atoms with Gasteiger partial charge in [0.1, 0.15) is 6.33 Å². The third-order valence-corrected chi connectivity index (χ3v) is 3.30. The van der Waals surface area contributed by atoms with Crippen LogP contribution in [0.25, 0.3) is 5.69 Å². The van der Waals surface area contributed by atoms with Gasteiger partial charge in [-0.3, -0.25) is 4.79 Å². The number of amides is 1. The lowest BCUT2D eigenvalue weighted by Gasteiger charge is -2.24. The number of tetrazole rings is 1. The van der Waals surface area contributed by atoms with E-state index in [2.05, 4.69) is 26.2 Å². The molecule has 0 radical (unpaired) electrons. The average Bonchev–Trinajstić information content (AvgIpc) is 2.99. The van der Waals surface area contributed by atoms with Gasteiger partial charge in [0.15, 0.2) is 0 Å². The van der Waals surface area contributed by atoms with Crippen LogP contribution in [0.4, 0.5) is 5.69 Å². The summed E-state index contributed by atoms with van der Waals surface area (Å²) in [7, 11) is 0. The summed E-state index contributed by atoms with van der Waals surface area (Å²) in [6, 6.07) is 7.53. The molecule has 0 saturated carbocycles. The summed E-state index contributed by atoms with van der Waals surface area (Å²) >= 11 is 0. The molecule has 0 aliphatic rings. The molecule has 1 heterocycles. The number of nitrogens with one attached hydrogen (secondary N) is 2. The summed E-state index contributed by atoms with van der Waals surface area (Å²) in [6.07, 6.45) is 2.42. The number of hydrogen-bond acceptors (Lipinski definition) is 5. The Hall–Kier alpha value is -2.44. The molecule has 2 aromatic rings. The van der Waals surface area contributed by atoms with Crippen molar-refractivity contribution in [3.8, 4) is 5.69 Å². The van der Waals surface area contributed by atoms with Gasteiger partial charge in [0.25, 0.3) is 0 Å². The van der Waals surface area contributed by atoms with Gasteiger partial charge in [-0.05, 0) is 55.0 Å². The van der Waals surface area contributed by atoms with E-state index in [0.717, 1.165) is 17.8 Å². The molecule has 0 atom stereocenters. The minimum atomic E-state index is -0.178. The van der Waals surface area contributed by atoms with Crippen LogP contribution < -0.4 is 10.6 Å². The fourth-order valence-corrected chi connectivity index (χ4v) is 1.70. The predicted octanol–water partition coefficient (Wildman–Crippen LogP) is 1.38. The van der Waals surface area contributed by atoms with Crippen LogP contribution in [0.3, 0.4) is 0 Å². The molecule has 0 aliphatic carbocycles. The Morgan fingerprint density at radius 2 is 2.00 bits per heavy atom. The molecule has 0 spiro atoms. The van der Waals surface area contributed by atoms with E-state index in [9.17, 15) is 4.79 Å². The molecule has 0 aliphatic heterocycles. The van der Waals surface area contributed by atoms with E-state index in [1.807, 2.05) is 45.0 Å². The van der Waals surface area contributed by atoms with E-state index >= 15 is 0 Å². The molecule has 1 aromatic heterocycles. The van der Waals surface area contributed by atoms with Crippen molar-refractivity contribution in [1.29, 1.82) is 0 Å². The molecule has 2 rings (SSSR count). The van der Waals surface area contributed by atoms with Crippen molar-refractivity contribution in [2.24, 2.45) is 0 Å². The highest BCUT2D eigenvalue weighted by Gasteiger charge is 2.17. The van der Waals surface area contributed by atoms with Crippen LogP contribution in [0.15, 0.2) is 30.6 Å². The van der Waals surface area contributed by atoms with Gasteiger partial charge in [-0.2, -0.15) is 0 Å². The lowest BCUT2D eigenvalue weighted by molar-refractivity contribution is -0.121. The Morgan fingerprint density at radius 3 is 2.57 bits per heavy atom. The quantitative estimate of drug-likeness (QED) is 0.839. The van der Waals surface area contributed by atoms with Crippen LogP contribution in [0, 0.1) is 0 Å². The van der Waals surface area contributed by atoms with Crippen molar-refractivity contribution in [3.05, 3.63) is 30.6 Å². The van der Waals surface area contributed by atoms with Crippen LogP contribution in [-0.4, -0.2) is 38.2 Å². The number of rotatable bonds is 6. The molecule has 21 heavy (non-hydrogen) atoms. The average molecular weight is 288 g/mol. The molecule has 0 fully saturated rings. The first-order valence-corrected chi connectivity index (χ1v) is 6.88. The maximum Gasteiger partial charge on any atom is 0.239 e. The number of carbonyl (C=O) groups excluding carboxylic acids is 1. The molecular formula is C14H20N6O. The maximum atomic E-state index is 11.8. The highest BCUT2D eigenvalue weighted by molar-refractivity contribution is 5.81. The first kappa shape index (κ1) is 15.0. The zero-order valence-electron chi connectivity index (χ0n) is 12.5. The minimum absolute atomic E-state index is 0.0218. The number of nitrogens with zero attached hydrogens (tertiary/aromatic N) is 4. The predicted molar refractivity (Wildman–Crippen MR) is 80.2 cm³/mol. The first-order chi connectivity index (χ1) is 10.00. The number of aromatic nitrogens is 4. The normalized spacial score (nSPS) is 11.2. The number of carbonyl (C=O) groups is 1. The summed E-state index contributed by atoms with van der Waals surface area (Å²) in [5.74, 6) is -0.0218. The second kappa shape index (κ2) is 6.34. The fourth-order valence-electron chi connectivity index (χ4n) is 1.70. The summed E-state index contributed by atoms with van der Waals surface area (Å²) in [5.41, 5.74) is 1.56. The Kier molecular flexibility index (Phi) is 4.52. The van der Waals surface area contributed by atoms with Gasteiger partial charge >= 0.3 is 0 Å². The summed E-state index contributed by atoms with van der Waals surface area (Å²) in [4.78, 5) is 11.8. The fraction of sp³-hybridized carbons (Fsp3) is 0.429. The van der Waals surface area contributed by atoms with Crippen molar-refractivity contribution in [2.45, 2.75) is 32.7 Å². The number of benzene rings is 1. The molecule has 0 bridgehead atoms. The van der Waals surface area contributed by atoms with Crippen LogP contribution in [0.5, 0.6) is 0 Å². The third-order valence-electron chi connectivity index (χ3n) is 3.30. The van der Waals surface area contributed by atoms with Gasteiger partial charge in [0.05, 0.1) is 12.2 Å². The lowest BCUT2D eigenvalue weighted by atomic mass is 10.0. The molecule has 7 heteroatoms. The van der Waals surface area contributed by atoms with Crippen molar-refractivity contribution < 1.29 is 4.79 Å². The monoisotopic (exact) mass is 288 g/mol. The third kappa shape index (κ3) is 4.27. The molecule has 112 valence electrons. The van der Waals surface area contributed by atoms with Crippen molar-refractivity contribution in [2.75, 3.05) is 11.9 Å². The zero-order chi connectivity index (χ0) is 15.3. The second-order valence-corrected chi connectivity index (χ2v) is 5.44. The summed E-state index contributed by atoms with van der Waals surface area (Å²) in [6.45, 7) is 6.30. The van der Waals surface area contributed by atoms with Crippen molar-refractivity contribution in [3.63, 3.8) is 0 Å². The van der Waals surface area contributed by atoms with E-state index in [4.69, 9.17) is 0 Å². The zero-order valence-corrected chi connectivity index (χ0v) is 12.5. The van der Waals surface area contributed by atoms with E-state index in [0.29, 0.717) is 0 Å². The number of anilines is 1. The van der Waals surface area contributed by atoms with Crippen LogP contribution in [0.1, 0.15) is 27.2 Å². The minimum Gasteiger partial charge on any atom is -0.376 e. The molecule has 0 unspecified atom stereocenters. The van der Waals surface area contributed by atoms with Gasteiger partial charge in [-0.15, -0.1) is 5.10 Å². The van der Waals surface area contributed by atoms with Gasteiger partial charge < -0.3 is 10.6 Å².